The Morgan fingerprint density at radius 3 is 2.40 bits per heavy atom. The lowest BCUT2D eigenvalue weighted by Gasteiger charge is -2.27. The van der Waals surface area contributed by atoms with Gasteiger partial charge in [-0.05, 0) is 49.1 Å². The Kier molecular flexibility index (Phi) is 8.92. The van der Waals surface area contributed by atoms with E-state index in [1.807, 2.05) is 30.3 Å². The first-order valence-corrected chi connectivity index (χ1v) is 13.3. The number of anilines is 1. The summed E-state index contributed by atoms with van der Waals surface area (Å²) in [5.41, 5.74) is 1.52. The van der Waals surface area contributed by atoms with Gasteiger partial charge in [0.05, 0.1) is 17.9 Å². The molecule has 0 saturated carbocycles. The maximum absolute atomic E-state index is 13.1. The van der Waals surface area contributed by atoms with Crippen LogP contribution in [0.5, 0.6) is 0 Å². The highest BCUT2D eigenvalue weighted by molar-refractivity contribution is 7.89. The van der Waals surface area contributed by atoms with E-state index in [-0.39, 0.29) is 36.1 Å². The molecule has 1 aliphatic heterocycles. The molecule has 1 saturated heterocycles. The van der Waals surface area contributed by atoms with Gasteiger partial charge in [0.1, 0.15) is 6.04 Å². The quantitative estimate of drug-likeness (QED) is 0.413. The second-order valence-corrected chi connectivity index (χ2v) is 11.3. The van der Waals surface area contributed by atoms with Crippen LogP contribution in [0.25, 0.3) is 0 Å². The topological polar surface area (TPSA) is 124 Å². The molecule has 2 aromatic carbocycles. The summed E-state index contributed by atoms with van der Waals surface area (Å²) in [6.07, 6.45) is 1.31. The summed E-state index contributed by atoms with van der Waals surface area (Å²) in [6, 6.07) is 14.3. The molecule has 11 heteroatoms. The zero-order valence-corrected chi connectivity index (χ0v) is 21.0. The Labute approximate surface area is 210 Å². The molecule has 1 heterocycles. The van der Waals surface area contributed by atoms with Gasteiger partial charge in [0, 0.05) is 24.5 Å². The van der Waals surface area contributed by atoms with Gasteiger partial charge in [-0.1, -0.05) is 30.3 Å². The fraction of sp³-hybridized carbons (Fsp3) is 0.375. The number of rotatable bonds is 10. The van der Waals surface area contributed by atoms with Gasteiger partial charge in [-0.2, -0.15) is 16.9 Å². The summed E-state index contributed by atoms with van der Waals surface area (Å²) in [5.74, 6) is -2.11. The number of nitrogens with one attached hydrogen (secondary N) is 1. The third-order valence-corrected chi connectivity index (χ3v) is 8.06. The number of thiol groups is 1. The number of benzene rings is 2. The second kappa shape index (κ2) is 11.7. The predicted octanol–water partition coefficient (Wildman–Crippen LogP) is 2.12. The summed E-state index contributed by atoms with van der Waals surface area (Å²) in [5, 5.41) is 11.3. The third-order valence-electron chi connectivity index (χ3n) is 5.76. The van der Waals surface area contributed by atoms with Crippen molar-refractivity contribution in [2.45, 2.75) is 30.6 Å². The molecular weight excluding hydrogens is 490 g/mol. The molecule has 1 fully saturated rings. The van der Waals surface area contributed by atoms with Gasteiger partial charge in [0.2, 0.25) is 21.8 Å². The normalized spacial score (nSPS) is 18.2. The molecule has 2 N–H and O–H groups in total. The summed E-state index contributed by atoms with van der Waals surface area (Å²) in [7, 11) is -2.24. The van der Waals surface area contributed by atoms with Gasteiger partial charge in [-0.25, -0.2) is 13.2 Å². The van der Waals surface area contributed by atoms with Crippen LogP contribution in [0.3, 0.4) is 0 Å². The number of carbonyl (C=O) groups excluding carboxylic acids is 2. The SMILES string of the molecule is CN(CC(=O)Nc1ccc(C(=O)O)cc1)C(=O)C1CC(S)CN1S(=O)(=O)CCCc1ccccc1. The van der Waals surface area contributed by atoms with Crippen LogP contribution < -0.4 is 5.32 Å². The monoisotopic (exact) mass is 519 g/mol. The van der Waals surface area contributed by atoms with Crippen molar-refractivity contribution in [1.29, 1.82) is 0 Å². The number of likely N-dealkylation sites (N-methyl/N-ethyl adjacent to an activating group) is 1. The molecule has 2 atom stereocenters. The highest BCUT2D eigenvalue weighted by Crippen LogP contribution is 2.27. The number of sulfonamides is 1. The van der Waals surface area contributed by atoms with Gasteiger partial charge >= 0.3 is 5.97 Å². The number of amides is 2. The second-order valence-electron chi connectivity index (χ2n) is 8.51. The zero-order valence-electron chi connectivity index (χ0n) is 19.3. The molecule has 2 amide bonds. The highest BCUT2D eigenvalue weighted by Gasteiger charge is 2.43. The lowest BCUT2D eigenvalue weighted by Crippen LogP contribution is -2.48. The van der Waals surface area contributed by atoms with Crippen molar-refractivity contribution in [3.05, 3.63) is 65.7 Å². The molecule has 188 valence electrons. The largest absolute Gasteiger partial charge is 0.478 e. The molecule has 0 bridgehead atoms. The minimum absolute atomic E-state index is 0.0806. The Bertz CT molecular complexity index is 1160. The molecule has 3 rings (SSSR count). The molecule has 1 aliphatic rings. The average molecular weight is 520 g/mol. The molecule has 0 aromatic heterocycles. The van der Waals surface area contributed by atoms with Gasteiger partial charge < -0.3 is 15.3 Å². The van der Waals surface area contributed by atoms with Crippen molar-refractivity contribution in [2.24, 2.45) is 0 Å². The van der Waals surface area contributed by atoms with Gasteiger partial charge in [0.25, 0.3) is 0 Å². The third kappa shape index (κ3) is 7.30. The van der Waals surface area contributed by atoms with Crippen molar-refractivity contribution in [2.75, 3.05) is 31.2 Å². The van der Waals surface area contributed by atoms with Crippen molar-refractivity contribution < 1.29 is 27.9 Å². The van der Waals surface area contributed by atoms with Crippen LogP contribution in [0, 0.1) is 0 Å². The smallest absolute Gasteiger partial charge is 0.335 e. The maximum atomic E-state index is 13.1. The van der Waals surface area contributed by atoms with Crippen LogP contribution in [-0.2, 0) is 26.0 Å². The average Bonchev–Trinajstić information content (AvgIpc) is 3.22. The van der Waals surface area contributed by atoms with E-state index in [0.717, 1.165) is 5.56 Å². The minimum atomic E-state index is -3.69. The fourth-order valence-corrected chi connectivity index (χ4v) is 6.18. The van der Waals surface area contributed by atoms with Crippen LogP contribution in [-0.4, -0.2) is 77.7 Å². The predicted molar refractivity (Wildman–Crippen MR) is 136 cm³/mol. The highest BCUT2D eigenvalue weighted by atomic mass is 32.2. The van der Waals surface area contributed by atoms with Crippen molar-refractivity contribution in [3.63, 3.8) is 0 Å². The lowest BCUT2D eigenvalue weighted by molar-refractivity contribution is -0.136. The van der Waals surface area contributed by atoms with Crippen molar-refractivity contribution in [1.82, 2.24) is 9.21 Å². The van der Waals surface area contributed by atoms with Gasteiger partial charge in [0.15, 0.2) is 0 Å². The number of aromatic carboxylic acids is 1. The number of nitrogens with zero attached hydrogens (tertiary/aromatic N) is 2. The zero-order chi connectivity index (χ0) is 25.6. The molecular formula is C24H29N3O6S2. The lowest BCUT2D eigenvalue weighted by atomic mass is 10.1. The van der Waals surface area contributed by atoms with Crippen LogP contribution in [0.4, 0.5) is 5.69 Å². The molecule has 0 radical (unpaired) electrons. The first-order chi connectivity index (χ1) is 16.6. The molecule has 2 aromatic rings. The van der Waals surface area contributed by atoms with E-state index in [1.165, 1.54) is 40.5 Å². The molecule has 0 spiro atoms. The number of carboxylic acids is 1. The molecule has 2 unspecified atom stereocenters. The van der Waals surface area contributed by atoms with E-state index in [0.29, 0.717) is 18.5 Å². The van der Waals surface area contributed by atoms with Crippen molar-refractivity contribution in [3.8, 4) is 0 Å². The van der Waals surface area contributed by atoms with E-state index in [2.05, 4.69) is 17.9 Å². The van der Waals surface area contributed by atoms with Crippen LogP contribution in [0.2, 0.25) is 0 Å². The minimum Gasteiger partial charge on any atom is -0.478 e. The number of hydrogen-bond donors (Lipinski definition) is 3. The number of aryl methyl sites for hydroxylation is 1. The fourth-order valence-electron chi connectivity index (χ4n) is 3.98. The summed E-state index contributed by atoms with van der Waals surface area (Å²) in [4.78, 5) is 37.6. The van der Waals surface area contributed by atoms with Crippen molar-refractivity contribution >= 4 is 46.1 Å². The molecule has 35 heavy (non-hydrogen) atoms. The van der Waals surface area contributed by atoms with E-state index >= 15 is 0 Å². The first-order valence-electron chi connectivity index (χ1n) is 11.2. The number of carboxylic acid groups (broad SMARTS) is 1. The van der Waals surface area contributed by atoms with Gasteiger partial charge in [-0.3, -0.25) is 9.59 Å². The van der Waals surface area contributed by atoms with Crippen LogP contribution in [0.15, 0.2) is 54.6 Å². The summed E-state index contributed by atoms with van der Waals surface area (Å²) in [6.45, 7) is -0.141. The standard InChI is InChI=1S/C24H29N3O6S2/c1-26(16-22(28)25-19-11-9-18(10-12-19)24(30)31)23(29)21-14-20(34)15-27(21)35(32,33)13-5-8-17-6-3-2-4-7-17/h2-4,6-7,9-12,20-21,34H,5,8,13-16H2,1H3,(H,25,28)(H,30,31). The Hall–Kier alpha value is -2.89. The Morgan fingerprint density at radius 1 is 1.11 bits per heavy atom. The van der Waals surface area contributed by atoms with E-state index in [4.69, 9.17) is 5.11 Å². The van der Waals surface area contributed by atoms with E-state index in [9.17, 15) is 22.8 Å². The number of carbonyl (C=O) groups is 3. The van der Waals surface area contributed by atoms with E-state index < -0.39 is 33.8 Å². The number of hydrogen-bond acceptors (Lipinski definition) is 6. The molecule has 0 aliphatic carbocycles. The Balaban J connectivity index is 1.58. The summed E-state index contributed by atoms with van der Waals surface area (Å²) >= 11 is 4.41. The van der Waals surface area contributed by atoms with Crippen LogP contribution in [0.1, 0.15) is 28.8 Å². The maximum Gasteiger partial charge on any atom is 0.335 e. The summed E-state index contributed by atoms with van der Waals surface area (Å²) < 4.78 is 27.3. The Morgan fingerprint density at radius 2 is 1.77 bits per heavy atom. The van der Waals surface area contributed by atoms with E-state index in [1.54, 1.807) is 0 Å². The first kappa shape index (κ1) is 26.7. The van der Waals surface area contributed by atoms with Gasteiger partial charge in [-0.15, -0.1) is 0 Å². The van der Waals surface area contributed by atoms with Crippen LogP contribution >= 0.6 is 12.6 Å². The molecule has 9 nitrogen and oxygen atoms in total.